The van der Waals surface area contributed by atoms with Gasteiger partial charge in [0.05, 0.1) is 5.69 Å². The van der Waals surface area contributed by atoms with Crippen LogP contribution < -0.4 is 5.73 Å². The Morgan fingerprint density at radius 1 is 1.39 bits per heavy atom. The monoisotopic (exact) mass is 263 g/mol. The number of fused-ring (bicyclic) bond motifs is 1. The molecular formula is C14H21N3S. The lowest BCUT2D eigenvalue weighted by Gasteiger charge is -2.10. The average Bonchev–Trinajstić information content (AvgIpc) is 2.83. The maximum atomic E-state index is 5.77. The molecule has 0 aliphatic heterocycles. The molecule has 0 saturated carbocycles. The van der Waals surface area contributed by atoms with Crippen LogP contribution in [0.5, 0.6) is 0 Å². The SMILES string of the molecule is CCCCC(C)Cc1nc(CN)c2ccsc2n1. The van der Waals surface area contributed by atoms with Crippen LogP contribution in [0.15, 0.2) is 11.4 Å². The van der Waals surface area contributed by atoms with Gasteiger partial charge < -0.3 is 5.73 Å². The van der Waals surface area contributed by atoms with E-state index in [1.807, 2.05) is 0 Å². The van der Waals surface area contributed by atoms with Gasteiger partial charge in [0, 0.05) is 18.4 Å². The molecule has 1 unspecified atom stereocenters. The van der Waals surface area contributed by atoms with Crippen LogP contribution in [0.1, 0.15) is 44.6 Å². The largest absolute Gasteiger partial charge is 0.325 e. The van der Waals surface area contributed by atoms with Crippen LogP contribution in [-0.4, -0.2) is 9.97 Å². The molecule has 0 aromatic carbocycles. The van der Waals surface area contributed by atoms with Gasteiger partial charge in [-0.25, -0.2) is 9.97 Å². The zero-order chi connectivity index (χ0) is 13.0. The third-order valence-electron chi connectivity index (χ3n) is 3.23. The van der Waals surface area contributed by atoms with E-state index in [4.69, 9.17) is 5.73 Å². The van der Waals surface area contributed by atoms with Gasteiger partial charge in [-0.05, 0) is 17.4 Å². The lowest BCUT2D eigenvalue weighted by Crippen LogP contribution is -2.08. The van der Waals surface area contributed by atoms with E-state index in [2.05, 4.69) is 35.3 Å². The summed E-state index contributed by atoms with van der Waals surface area (Å²) in [6.07, 6.45) is 4.75. The Hall–Kier alpha value is -1.00. The van der Waals surface area contributed by atoms with E-state index in [1.165, 1.54) is 19.3 Å². The van der Waals surface area contributed by atoms with E-state index in [0.29, 0.717) is 12.5 Å². The number of rotatable bonds is 6. The summed E-state index contributed by atoms with van der Waals surface area (Å²) in [5.74, 6) is 1.60. The number of thiophene rings is 1. The normalized spacial score (nSPS) is 13.1. The van der Waals surface area contributed by atoms with Gasteiger partial charge in [0.2, 0.25) is 0 Å². The molecule has 2 N–H and O–H groups in total. The second kappa shape index (κ2) is 6.25. The molecule has 0 aliphatic rings. The maximum Gasteiger partial charge on any atom is 0.130 e. The highest BCUT2D eigenvalue weighted by Crippen LogP contribution is 2.22. The molecule has 0 radical (unpaired) electrons. The third kappa shape index (κ3) is 3.06. The van der Waals surface area contributed by atoms with Crippen molar-refractivity contribution in [3.8, 4) is 0 Å². The molecule has 0 saturated heterocycles. The van der Waals surface area contributed by atoms with Crippen LogP contribution >= 0.6 is 11.3 Å². The lowest BCUT2D eigenvalue weighted by molar-refractivity contribution is 0.492. The molecule has 4 heteroatoms. The first kappa shape index (κ1) is 13.4. The van der Waals surface area contributed by atoms with Crippen LogP contribution in [0.4, 0.5) is 0 Å². The first-order valence-electron chi connectivity index (χ1n) is 6.67. The van der Waals surface area contributed by atoms with Gasteiger partial charge in [-0.2, -0.15) is 0 Å². The summed E-state index contributed by atoms with van der Waals surface area (Å²) in [5, 5.41) is 3.18. The summed E-state index contributed by atoms with van der Waals surface area (Å²) in [4.78, 5) is 10.3. The topological polar surface area (TPSA) is 51.8 Å². The van der Waals surface area contributed by atoms with Crippen LogP contribution in [0.3, 0.4) is 0 Å². The minimum Gasteiger partial charge on any atom is -0.325 e. The molecule has 0 spiro atoms. The van der Waals surface area contributed by atoms with Crippen molar-refractivity contribution in [1.29, 1.82) is 0 Å². The van der Waals surface area contributed by atoms with Crippen molar-refractivity contribution in [2.75, 3.05) is 0 Å². The summed E-state index contributed by atoms with van der Waals surface area (Å²) >= 11 is 1.67. The Bertz CT molecular complexity index is 507. The standard InChI is InChI=1S/C14H21N3S/c1-3-4-5-10(2)8-13-16-12(9-15)11-6-7-18-14(11)17-13/h6-7,10H,3-5,8-9,15H2,1-2H3. The fourth-order valence-corrected chi connectivity index (χ4v) is 2.98. The highest BCUT2D eigenvalue weighted by atomic mass is 32.1. The second-order valence-electron chi connectivity index (χ2n) is 4.88. The van der Waals surface area contributed by atoms with Gasteiger partial charge in [0.15, 0.2) is 0 Å². The highest BCUT2D eigenvalue weighted by molar-refractivity contribution is 7.16. The predicted molar refractivity (Wildman–Crippen MR) is 77.7 cm³/mol. The molecular weight excluding hydrogens is 242 g/mol. The first-order valence-corrected chi connectivity index (χ1v) is 7.55. The molecule has 2 aromatic heterocycles. The summed E-state index contributed by atoms with van der Waals surface area (Å²) in [7, 11) is 0. The van der Waals surface area contributed by atoms with Crippen LogP contribution in [0.25, 0.3) is 10.2 Å². The molecule has 3 nitrogen and oxygen atoms in total. The van der Waals surface area contributed by atoms with Gasteiger partial charge in [-0.15, -0.1) is 11.3 Å². The fourth-order valence-electron chi connectivity index (χ4n) is 2.18. The number of aromatic nitrogens is 2. The molecule has 18 heavy (non-hydrogen) atoms. The number of nitrogens with two attached hydrogens (primary N) is 1. The summed E-state index contributed by atoms with van der Waals surface area (Å²) in [6.45, 7) is 5.00. The Kier molecular flexibility index (Phi) is 4.66. The number of hydrogen-bond donors (Lipinski definition) is 1. The third-order valence-corrected chi connectivity index (χ3v) is 4.03. The minimum atomic E-state index is 0.492. The van der Waals surface area contributed by atoms with E-state index in [0.717, 1.165) is 28.2 Å². The zero-order valence-electron chi connectivity index (χ0n) is 11.1. The van der Waals surface area contributed by atoms with E-state index in [-0.39, 0.29) is 0 Å². The van der Waals surface area contributed by atoms with Gasteiger partial charge in [-0.1, -0.05) is 33.1 Å². The van der Waals surface area contributed by atoms with Gasteiger partial charge in [0.1, 0.15) is 10.7 Å². The van der Waals surface area contributed by atoms with Crippen molar-refractivity contribution < 1.29 is 0 Å². The zero-order valence-corrected chi connectivity index (χ0v) is 12.0. The van der Waals surface area contributed by atoms with Crippen molar-refractivity contribution in [3.05, 3.63) is 23.0 Å². The summed E-state index contributed by atoms with van der Waals surface area (Å²) in [6, 6.07) is 2.06. The van der Waals surface area contributed by atoms with Gasteiger partial charge in [0.25, 0.3) is 0 Å². The van der Waals surface area contributed by atoms with Crippen molar-refractivity contribution in [2.45, 2.75) is 46.1 Å². The molecule has 0 aliphatic carbocycles. The molecule has 2 heterocycles. The van der Waals surface area contributed by atoms with Gasteiger partial charge >= 0.3 is 0 Å². The first-order chi connectivity index (χ1) is 8.74. The fraction of sp³-hybridized carbons (Fsp3) is 0.571. The molecule has 98 valence electrons. The number of unbranched alkanes of at least 4 members (excludes halogenated alkanes) is 1. The molecule has 2 rings (SSSR count). The van der Waals surface area contributed by atoms with Crippen LogP contribution in [0.2, 0.25) is 0 Å². The highest BCUT2D eigenvalue weighted by Gasteiger charge is 2.10. The number of nitrogens with zero attached hydrogens (tertiary/aromatic N) is 2. The predicted octanol–water partition coefficient (Wildman–Crippen LogP) is 3.52. The minimum absolute atomic E-state index is 0.492. The number of hydrogen-bond acceptors (Lipinski definition) is 4. The van der Waals surface area contributed by atoms with E-state index in [9.17, 15) is 0 Å². The Morgan fingerprint density at radius 3 is 2.94 bits per heavy atom. The van der Waals surface area contributed by atoms with Crippen molar-refractivity contribution in [1.82, 2.24) is 9.97 Å². The summed E-state index contributed by atoms with van der Waals surface area (Å²) < 4.78 is 0. The lowest BCUT2D eigenvalue weighted by atomic mass is 10.0. The van der Waals surface area contributed by atoms with Crippen LogP contribution in [-0.2, 0) is 13.0 Å². The van der Waals surface area contributed by atoms with E-state index < -0.39 is 0 Å². The molecule has 1 atom stereocenters. The molecule has 0 fully saturated rings. The second-order valence-corrected chi connectivity index (χ2v) is 5.78. The summed E-state index contributed by atoms with van der Waals surface area (Å²) in [5.41, 5.74) is 6.75. The van der Waals surface area contributed by atoms with Crippen molar-refractivity contribution in [3.63, 3.8) is 0 Å². The molecule has 0 amide bonds. The smallest absolute Gasteiger partial charge is 0.130 e. The maximum absolute atomic E-state index is 5.77. The Morgan fingerprint density at radius 2 is 2.22 bits per heavy atom. The average molecular weight is 263 g/mol. The van der Waals surface area contributed by atoms with E-state index >= 15 is 0 Å². The molecule has 0 bridgehead atoms. The Labute approximate surface area is 112 Å². The van der Waals surface area contributed by atoms with Crippen molar-refractivity contribution >= 4 is 21.6 Å². The van der Waals surface area contributed by atoms with Gasteiger partial charge in [-0.3, -0.25) is 0 Å². The Balaban J connectivity index is 2.17. The van der Waals surface area contributed by atoms with E-state index in [1.54, 1.807) is 11.3 Å². The quantitative estimate of drug-likeness (QED) is 0.867. The molecule has 2 aromatic rings. The van der Waals surface area contributed by atoms with Crippen LogP contribution in [0, 0.1) is 5.92 Å². The van der Waals surface area contributed by atoms with Crippen molar-refractivity contribution in [2.24, 2.45) is 11.7 Å².